The lowest BCUT2D eigenvalue weighted by molar-refractivity contribution is -0.137. The van der Waals surface area contributed by atoms with Crippen molar-refractivity contribution >= 4 is 33.6 Å². The molecule has 2 N–H and O–H groups in total. The molecule has 0 saturated carbocycles. The number of hydrogen-bond acceptors (Lipinski definition) is 3. The Morgan fingerprint density at radius 2 is 2.37 bits per heavy atom. The highest BCUT2D eigenvalue weighted by Gasteiger charge is 2.39. The van der Waals surface area contributed by atoms with Crippen LogP contribution in [-0.4, -0.2) is 34.7 Å². The van der Waals surface area contributed by atoms with Gasteiger partial charge < -0.3 is 10.4 Å². The number of carbonyl (C=O) groups is 1. The number of amides is 1. The van der Waals surface area contributed by atoms with E-state index in [4.69, 9.17) is 0 Å². The van der Waals surface area contributed by atoms with Crippen LogP contribution in [0.4, 0.5) is 0 Å². The van der Waals surface area contributed by atoms with Gasteiger partial charge in [-0.25, -0.2) is 0 Å². The van der Waals surface area contributed by atoms with E-state index in [1.54, 1.807) is 11.8 Å². The zero-order valence-corrected chi connectivity index (χ0v) is 13.1. The van der Waals surface area contributed by atoms with E-state index in [0.717, 1.165) is 23.1 Å². The van der Waals surface area contributed by atoms with E-state index in [0.29, 0.717) is 18.7 Å². The number of hydrogen-bond donors (Lipinski definition) is 2. The minimum Gasteiger partial charge on any atom is -0.379 e. The van der Waals surface area contributed by atoms with Crippen LogP contribution in [0.5, 0.6) is 0 Å². The number of benzene rings is 1. The van der Waals surface area contributed by atoms with Gasteiger partial charge >= 0.3 is 0 Å². The Morgan fingerprint density at radius 1 is 1.53 bits per heavy atom. The SMILES string of the molecule is O=C(NCCCc1cccc(Br)c1)[C@]1(O)CCSC1. The number of halogens is 1. The van der Waals surface area contributed by atoms with Gasteiger partial charge in [0.1, 0.15) is 0 Å². The number of aryl methyl sites for hydroxylation is 1. The summed E-state index contributed by atoms with van der Waals surface area (Å²) in [4.78, 5) is 11.9. The number of carbonyl (C=O) groups excluding carboxylic acids is 1. The van der Waals surface area contributed by atoms with Crippen LogP contribution < -0.4 is 5.32 Å². The fourth-order valence-corrected chi connectivity index (χ4v) is 3.77. The fourth-order valence-electron chi connectivity index (χ4n) is 2.08. The first kappa shape index (κ1) is 14.9. The van der Waals surface area contributed by atoms with E-state index in [1.165, 1.54) is 5.56 Å². The lowest BCUT2D eigenvalue weighted by atomic mass is 10.0. The lowest BCUT2D eigenvalue weighted by Crippen LogP contribution is -2.47. The Balaban J connectivity index is 1.71. The molecule has 1 aromatic carbocycles. The first-order chi connectivity index (χ1) is 9.10. The molecule has 104 valence electrons. The molecule has 0 spiro atoms. The van der Waals surface area contributed by atoms with Crippen molar-refractivity contribution in [1.82, 2.24) is 5.32 Å². The summed E-state index contributed by atoms with van der Waals surface area (Å²) in [5, 5.41) is 12.9. The molecular weight excluding hydrogens is 326 g/mol. The number of nitrogens with one attached hydrogen (secondary N) is 1. The van der Waals surface area contributed by atoms with Gasteiger partial charge in [-0.2, -0.15) is 11.8 Å². The highest BCUT2D eigenvalue weighted by Crippen LogP contribution is 2.27. The molecule has 0 unspecified atom stereocenters. The molecule has 1 aromatic rings. The molecule has 2 rings (SSSR count). The third-order valence-electron chi connectivity index (χ3n) is 3.24. The standard InChI is InChI=1S/C14H18BrNO2S/c15-12-5-1-3-11(9-12)4-2-7-16-13(17)14(18)6-8-19-10-14/h1,3,5,9,18H,2,4,6-8,10H2,(H,16,17)/t14-/m0/s1. The van der Waals surface area contributed by atoms with Gasteiger partial charge in [-0.3, -0.25) is 4.79 Å². The van der Waals surface area contributed by atoms with E-state index in [-0.39, 0.29) is 5.91 Å². The number of thioether (sulfide) groups is 1. The smallest absolute Gasteiger partial charge is 0.252 e. The Hall–Kier alpha value is -0.520. The van der Waals surface area contributed by atoms with Crippen LogP contribution in [0.1, 0.15) is 18.4 Å². The van der Waals surface area contributed by atoms with E-state index >= 15 is 0 Å². The lowest BCUT2D eigenvalue weighted by Gasteiger charge is -2.20. The van der Waals surface area contributed by atoms with Crippen molar-refractivity contribution < 1.29 is 9.90 Å². The average molecular weight is 344 g/mol. The summed E-state index contributed by atoms with van der Waals surface area (Å²) in [6.07, 6.45) is 2.37. The number of rotatable bonds is 5. The zero-order valence-electron chi connectivity index (χ0n) is 10.7. The van der Waals surface area contributed by atoms with Crippen molar-refractivity contribution in [2.45, 2.75) is 24.9 Å². The summed E-state index contributed by atoms with van der Waals surface area (Å²) < 4.78 is 1.08. The normalized spacial score (nSPS) is 22.4. The molecule has 19 heavy (non-hydrogen) atoms. The molecule has 1 fully saturated rings. The van der Waals surface area contributed by atoms with Gasteiger partial charge in [0.25, 0.3) is 5.91 Å². The van der Waals surface area contributed by atoms with Crippen molar-refractivity contribution in [3.63, 3.8) is 0 Å². The summed E-state index contributed by atoms with van der Waals surface area (Å²) in [5.74, 6) is 1.17. The van der Waals surface area contributed by atoms with E-state index in [1.807, 2.05) is 12.1 Å². The van der Waals surface area contributed by atoms with Crippen molar-refractivity contribution in [3.8, 4) is 0 Å². The van der Waals surface area contributed by atoms with Gasteiger partial charge in [-0.1, -0.05) is 28.1 Å². The van der Waals surface area contributed by atoms with Crippen molar-refractivity contribution in [3.05, 3.63) is 34.3 Å². The van der Waals surface area contributed by atoms with Crippen LogP contribution in [0.15, 0.2) is 28.7 Å². The van der Waals surface area contributed by atoms with Gasteiger partial charge in [-0.15, -0.1) is 0 Å². The van der Waals surface area contributed by atoms with E-state index in [9.17, 15) is 9.90 Å². The summed E-state index contributed by atoms with van der Waals surface area (Å²) in [6, 6.07) is 8.17. The quantitative estimate of drug-likeness (QED) is 0.807. The predicted molar refractivity (Wildman–Crippen MR) is 82.4 cm³/mol. The second kappa shape index (κ2) is 6.77. The van der Waals surface area contributed by atoms with Gasteiger partial charge in [0.2, 0.25) is 0 Å². The maximum absolute atomic E-state index is 11.9. The van der Waals surface area contributed by atoms with Crippen LogP contribution in [-0.2, 0) is 11.2 Å². The zero-order chi connectivity index (χ0) is 13.7. The Kier molecular flexibility index (Phi) is 5.30. The average Bonchev–Trinajstić information content (AvgIpc) is 2.83. The van der Waals surface area contributed by atoms with Crippen molar-refractivity contribution in [1.29, 1.82) is 0 Å². The minimum atomic E-state index is -1.14. The van der Waals surface area contributed by atoms with Crippen LogP contribution in [0, 0.1) is 0 Å². The second-order valence-corrected chi connectivity index (χ2v) is 6.84. The van der Waals surface area contributed by atoms with Crippen molar-refractivity contribution in [2.75, 3.05) is 18.1 Å². The Labute approximate surface area is 126 Å². The number of aliphatic hydroxyl groups is 1. The molecule has 1 saturated heterocycles. The third-order valence-corrected chi connectivity index (χ3v) is 4.91. The molecule has 1 atom stereocenters. The first-order valence-corrected chi connectivity index (χ1v) is 8.38. The molecule has 0 bridgehead atoms. The maximum atomic E-state index is 11.9. The predicted octanol–water partition coefficient (Wildman–Crippen LogP) is 2.37. The summed E-state index contributed by atoms with van der Waals surface area (Å²) in [6.45, 7) is 0.609. The molecule has 1 aliphatic rings. The largest absolute Gasteiger partial charge is 0.379 e. The van der Waals surface area contributed by atoms with E-state index < -0.39 is 5.60 Å². The summed E-state index contributed by atoms with van der Waals surface area (Å²) in [7, 11) is 0. The fraction of sp³-hybridized carbons (Fsp3) is 0.500. The summed E-state index contributed by atoms with van der Waals surface area (Å²) >= 11 is 5.07. The molecular formula is C14H18BrNO2S. The highest BCUT2D eigenvalue weighted by atomic mass is 79.9. The monoisotopic (exact) mass is 343 g/mol. The van der Waals surface area contributed by atoms with E-state index in [2.05, 4.69) is 33.4 Å². The Bertz CT molecular complexity index is 447. The molecule has 1 amide bonds. The van der Waals surface area contributed by atoms with Gasteiger partial charge in [0, 0.05) is 16.8 Å². The summed E-state index contributed by atoms with van der Waals surface area (Å²) in [5.41, 5.74) is 0.110. The van der Waals surface area contributed by atoms with Gasteiger partial charge in [0.05, 0.1) is 0 Å². The first-order valence-electron chi connectivity index (χ1n) is 6.43. The van der Waals surface area contributed by atoms with Crippen LogP contribution in [0.25, 0.3) is 0 Å². The molecule has 1 aliphatic heterocycles. The second-order valence-electron chi connectivity index (χ2n) is 4.82. The van der Waals surface area contributed by atoms with Crippen LogP contribution in [0.2, 0.25) is 0 Å². The highest BCUT2D eigenvalue weighted by molar-refractivity contribution is 9.10. The molecule has 3 nitrogen and oxygen atoms in total. The molecule has 1 heterocycles. The third kappa shape index (κ3) is 4.23. The van der Waals surface area contributed by atoms with Crippen molar-refractivity contribution in [2.24, 2.45) is 0 Å². The molecule has 0 radical (unpaired) electrons. The van der Waals surface area contributed by atoms with Gasteiger partial charge in [-0.05, 0) is 42.7 Å². The Morgan fingerprint density at radius 3 is 3.05 bits per heavy atom. The maximum Gasteiger partial charge on any atom is 0.252 e. The molecule has 5 heteroatoms. The van der Waals surface area contributed by atoms with Gasteiger partial charge in [0.15, 0.2) is 5.60 Å². The topological polar surface area (TPSA) is 49.3 Å². The molecule has 0 aromatic heterocycles. The van der Waals surface area contributed by atoms with Crippen LogP contribution in [0.3, 0.4) is 0 Å². The molecule has 0 aliphatic carbocycles. The van der Waals surface area contributed by atoms with Crippen LogP contribution >= 0.6 is 27.7 Å². The minimum absolute atomic E-state index is 0.216.